The number of amides is 1. The van der Waals surface area contributed by atoms with E-state index in [0.717, 1.165) is 42.8 Å². The summed E-state index contributed by atoms with van der Waals surface area (Å²) in [6.45, 7) is 2.25. The summed E-state index contributed by atoms with van der Waals surface area (Å²) in [5, 5.41) is 3.59. The van der Waals surface area contributed by atoms with Crippen molar-refractivity contribution in [2.45, 2.75) is 18.8 Å². The second-order valence-electron chi connectivity index (χ2n) is 7.60. The molecular weight excluding hydrogens is 404 g/mol. The number of anilines is 1. The van der Waals surface area contributed by atoms with Gasteiger partial charge in [0, 0.05) is 29.5 Å². The Morgan fingerprint density at radius 2 is 1.93 bits per heavy atom. The number of piperidine rings is 1. The molecule has 1 saturated heterocycles. The van der Waals surface area contributed by atoms with E-state index in [1.807, 2.05) is 18.2 Å². The number of nitrogens with one attached hydrogen (secondary N) is 3. The lowest BCUT2D eigenvalue weighted by atomic mass is 9.96. The number of H-pyrrole nitrogens is 1. The van der Waals surface area contributed by atoms with Gasteiger partial charge in [0.2, 0.25) is 0 Å². The summed E-state index contributed by atoms with van der Waals surface area (Å²) in [6, 6.07) is 12.4. The zero-order valence-electron chi connectivity index (χ0n) is 16.7. The lowest BCUT2D eigenvalue weighted by Gasteiger charge is -2.27. The number of halogens is 1. The van der Waals surface area contributed by atoms with E-state index in [2.05, 4.69) is 15.0 Å². The molecule has 156 valence electrons. The van der Waals surface area contributed by atoms with Crippen LogP contribution in [0.1, 0.15) is 34.9 Å². The summed E-state index contributed by atoms with van der Waals surface area (Å²) in [6.07, 6.45) is 1.95. The van der Waals surface area contributed by atoms with Gasteiger partial charge in [0.15, 0.2) is 6.54 Å². The zero-order valence-corrected chi connectivity index (χ0v) is 17.5. The van der Waals surface area contributed by atoms with Gasteiger partial charge in [0.25, 0.3) is 5.91 Å². The molecule has 1 amide bonds. The average molecular weight is 428 g/mol. The van der Waals surface area contributed by atoms with E-state index >= 15 is 0 Å². The molecule has 1 fully saturated rings. The maximum Gasteiger partial charge on any atom is 0.337 e. The number of benzene rings is 2. The molecule has 1 aliphatic heterocycles. The Labute approximate surface area is 179 Å². The first-order chi connectivity index (χ1) is 14.5. The Balaban J connectivity index is 1.28. The quantitative estimate of drug-likeness (QED) is 0.545. The van der Waals surface area contributed by atoms with E-state index in [0.29, 0.717) is 28.7 Å². The van der Waals surface area contributed by atoms with Crippen molar-refractivity contribution in [1.29, 1.82) is 0 Å². The van der Waals surface area contributed by atoms with Crippen LogP contribution in [0.15, 0.2) is 42.5 Å². The Hall–Kier alpha value is -2.90. The van der Waals surface area contributed by atoms with E-state index in [1.54, 1.807) is 24.3 Å². The molecule has 1 aliphatic rings. The first-order valence-corrected chi connectivity index (χ1v) is 10.4. The third-order valence-corrected chi connectivity index (χ3v) is 5.78. The molecule has 2 aromatic carbocycles. The first-order valence-electron chi connectivity index (χ1n) is 9.99. The van der Waals surface area contributed by atoms with Gasteiger partial charge in [0.05, 0.1) is 36.8 Å². The minimum Gasteiger partial charge on any atom is -0.465 e. The fourth-order valence-corrected chi connectivity index (χ4v) is 4.08. The van der Waals surface area contributed by atoms with Crippen LogP contribution in [0.25, 0.3) is 11.0 Å². The summed E-state index contributed by atoms with van der Waals surface area (Å²) in [5.74, 6) is 0.940. The number of carbonyl (C=O) groups excluding carboxylic acids is 2. The van der Waals surface area contributed by atoms with E-state index < -0.39 is 5.97 Å². The molecule has 8 heteroatoms. The highest BCUT2D eigenvalue weighted by Gasteiger charge is 2.27. The maximum absolute atomic E-state index is 12.4. The molecule has 0 radical (unpaired) electrons. The molecule has 3 aromatic rings. The predicted octanol–water partition coefficient (Wildman–Crippen LogP) is 2.40. The van der Waals surface area contributed by atoms with Crippen LogP contribution >= 0.6 is 11.6 Å². The lowest BCUT2D eigenvalue weighted by molar-refractivity contribution is -0.897. The molecule has 0 spiro atoms. The van der Waals surface area contributed by atoms with Crippen molar-refractivity contribution in [3.63, 3.8) is 0 Å². The number of hydrogen-bond donors (Lipinski definition) is 3. The molecular formula is C22H24ClN4O3+. The molecule has 0 aliphatic carbocycles. The number of fused-ring (bicyclic) bond motifs is 1. The number of hydrogen-bond acceptors (Lipinski definition) is 4. The Bertz CT molecular complexity index is 1060. The number of methoxy groups -OCH3 is 1. The van der Waals surface area contributed by atoms with Gasteiger partial charge in [-0.3, -0.25) is 4.79 Å². The van der Waals surface area contributed by atoms with Crippen LogP contribution < -0.4 is 10.2 Å². The van der Waals surface area contributed by atoms with Gasteiger partial charge in [-0.2, -0.15) is 0 Å². The maximum atomic E-state index is 12.4. The summed E-state index contributed by atoms with van der Waals surface area (Å²) >= 11 is 6.06. The van der Waals surface area contributed by atoms with Gasteiger partial charge in [-0.25, -0.2) is 9.78 Å². The number of likely N-dealkylation sites (tertiary alicyclic amines) is 1. The SMILES string of the molecule is COC(=O)c1ccc(NC(=O)C[NH+]2CCC(c3nc4ccc(Cl)cc4[nH]3)CC2)cc1. The molecule has 0 bridgehead atoms. The van der Waals surface area contributed by atoms with Gasteiger partial charge in [-0.05, 0) is 42.5 Å². The fourth-order valence-electron chi connectivity index (χ4n) is 3.91. The van der Waals surface area contributed by atoms with Crippen molar-refractivity contribution in [3.05, 3.63) is 58.9 Å². The topological polar surface area (TPSA) is 88.5 Å². The molecule has 1 aromatic heterocycles. The molecule has 0 unspecified atom stereocenters. The Morgan fingerprint density at radius 1 is 1.20 bits per heavy atom. The summed E-state index contributed by atoms with van der Waals surface area (Å²) in [4.78, 5) is 33.2. The van der Waals surface area contributed by atoms with Crippen molar-refractivity contribution in [2.24, 2.45) is 0 Å². The standard InChI is InChI=1S/C22H23ClN4O3/c1-30-22(29)15-2-5-17(6-3-15)24-20(28)13-27-10-8-14(9-11-27)21-25-18-7-4-16(23)12-19(18)26-21/h2-7,12,14H,8-11,13H2,1H3,(H,24,28)(H,25,26)/p+1. The van der Waals surface area contributed by atoms with E-state index in [9.17, 15) is 9.59 Å². The Morgan fingerprint density at radius 3 is 2.63 bits per heavy atom. The van der Waals surface area contributed by atoms with Crippen molar-refractivity contribution < 1.29 is 19.2 Å². The lowest BCUT2D eigenvalue weighted by Crippen LogP contribution is -3.14. The number of esters is 1. The molecule has 0 atom stereocenters. The molecule has 2 heterocycles. The second-order valence-corrected chi connectivity index (χ2v) is 8.04. The van der Waals surface area contributed by atoms with E-state index in [4.69, 9.17) is 16.6 Å². The summed E-state index contributed by atoms with van der Waals surface area (Å²) < 4.78 is 4.68. The van der Waals surface area contributed by atoms with Gasteiger partial charge >= 0.3 is 5.97 Å². The smallest absolute Gasteiger partial charge is 0.337 e. The number of nitrogens with zero attached hydrogens (tertiary/aromatic N) is 1. The minimum atomic E-state index is -0.396. The summed E-state index contributed by atoms with van der Waals surface area (Å²) in [5.41, 5.74) is 3.02. The number of rotatable bonds is 5. The highest BCUT2D eigenvalue weighted by atomic mass is 35.5. The van der Waals surface area contributed by atoms with Crippen LogP contribution in [-0.2, 0) is 9.53 Å². The number of aromatic amines is 1. The van der Waals surface area contributed by atoms with Crippen LogP contribution in [0.5, 0.6) is 0 Å². The number of aromatic nitrogens is 2. The third kappa shape index (κ3) is 4.63. The molecule has 3 N–H and O–H groups in total. The van der Waals surface area contributed by atoms with Crippen LogP contribution in [0.2, 0.25) is 5.02 Å². The molecule has 0 saturated carbocycles. The Kier molecular flexibility index (Phi) is 6.01. The van der Waals surface area contributed by atoms with Crippen molar-refractivity contribution >= 4 is 40.2 Å². The van der Waals surface area contributed by atoms with Gasteiger partial charge < -0.3 is 19.9 Å². The zero-order chi connectivity index (χ0) is 21.1. The number of ether oxygens (including phenoxy) is 1. The van der Waals surface area contributed by atoms with Crippen LogP contribution in [0, 0.1) is 0 Å². The number of carbonyl (C=O) groups is 2. The van der Waals surface area contributed by atoms with Crippen LogP contribution in [0.3, 0.4) is 0 Å². The highest BCUT2D eigenvalue weighted by Crippen LogP contribution is 2.25. The van der Waals surface area contributed by atoms with Crippen LogP contribution in [0.4, 0.5) is 5.69 Å². The average Bonchev–Trinajstić information content (AvgIpc) is 3.17. The predicted molar refractivity (Wildman–Crippen MR) is 115 cm³/mol. The third-order valence-electron chi connectivity index (χ3n) is 5.54. The summed E-state index contributed by atoms with van der Waals surface area (Å²) in [7, 11) is 1.34. The largest absolute Gasteiger partial charge is 0.465 e. The van der Waals surface area contributed by atoms with Gasteiger partial charge in [0.1, 0.15) is 5.82 Å². The van der Waals surface area contributed by atoms with Crippen LogP contribution in [-0.4, -0.2) is 48.6 Å². The minimum absolute atomic E-state index is 0.0346. The molecule has 7 nitrogen and oxygen atoms in total. The number of imidazole rings is 1. The molecule has 30 heavy (non-hydrogen) atoms. The van der Waals surface area contributed by atoms with Gasteiger partial charge in [-0.15, -0.1) is 0 Å². The van der Waals surface area contributed by atoms with Crippen molar-refractivity contribution in [2.75, 3.05) is 32.1 Å². The van der Waals surface area contributed by atoms with Crippen molar-refractivity contribution in [1.82, 2.24) is 9.97 Å². The second kappa shape index (κ2) is 8.85. The van der Waals surface area contributed by atoms with E-state index in [-0.39, 0.29) is 5.91 Å². The fraction of sp³-hybridized carbons (Fsp3) is 0.318. The van der Waals surface area contributed by atoms with E-state index in [1.165, 1.54) is 12.0 Å². The molecule has 4 rings (SSSR count). The highest BCUT2D eigenvalue weighted by molar-refractivity contribution is 6.31. The number of quaternary nitrogens is 1. The monoisotopic (exact) mass is 427 g/mol. The normalized spacial score (nSPS) is 18.9. The van der Waals surface area contributed by atoms with Gasteiger partial charge in [-0.1, -0.05) is 11.6 Å². The first kappa shape index (κ1) is 20.4. The van der Waals surface area contributed by atoms with Crippen molar-refractivity contribution in [3.8, 4) is 0 Å².